The summed E-state index contributed by atoms with van der Waals surface area (Å²) in [7, 11) is 6.66. The number of hydrogen-bond donors (Lipinski definition) is 1. The third kappa shape index (κ3) is 4.68. The first kappa shape index (κ1) is 19.0. The number of aromatic nitrogens is 3. The van der Waals surface area contributed by atoms with Crippen LogP contribution < -0.4 is 19.5 Å². The molecule has 0 spiro atoms. The third-order valence-corrected chi connectivity index (χ3v) is 4.42. The summed E-state index contributed by atoms with van der Waals surface area (Å²) in [5, 5.41) is 11.0. The highest BCUT2D eigenvalue weighted by Gasteiger charge is 2.26. The van der Waals surface area contributed by atoms with Crippen molar-refractivity contribution in [3.05, 3.63) is 24.0 Å². The third-order valence-electron chi connectivity index (χ3n) is 4.42. The van der Waals surface area contributed by atoms with Crippen LogP contribution in [0.4, 0.5) is 5.69 Å². The molecule has 1 aromatic heterocycles. The average Bonchev–Trinajstić information content (AvgIpc) is 3.42. The summed E-state index contributed by atoms with van der Waals surface area (Å²) in [6.45, 7) is 0.802. The minimum absolute atomic E-state index is 0.0663. The van der Waals surface area contributed by atoms with E-state index >= 15 is 0 Å². The van der Waals surface area contributed by atoms with Gasteiger partial charge in [-0.3, -0.25) is 9.69 Å². The lowest BCUT2D eigenvalue weighted by molar-refractivity contribution is -0.116. The average molecular weight is 375 g/mol. The van der Waals surface area contributed by atoms with Gasteiger partial charge in [0, 0.05) is 30.4 Å². The van der Waals surface area contributed by atoms with Crippen LogP contribution in [0.25, 0.3) is 0 Å². The second-order valence-electron chi connectivity index (χ2n) is 6.52. The molecule has 0 bridgehead atoms. The predicted octanol–water partition coefficient (Wildman–Crippen LogP) is 1.54. The Morgan fingerprint density at radius 3 is 2.44 bits per heavy atom. The molecule has 3 rings (SSSR count). The van der Waals surface area contributed by atoms with Gasteiger partial charge in [0.25, 0.3) is 0 Å². The number of methoxy groups -OCH3 is 3. The van der Waals surface area contributed by atoms with Crippen molar-refractivity contribution in [3.63, 3.8) is 0 Å². The zero-order valence-corrected chi connectivity index (χ0v) is 16.1. The highest BCUT2D eigenvalue weighted by atomic mass is 16.5. The molecule has 1 saturated carbocycles. The summed E-state index contributed by atoms with van der Waals surface area (Å²) >= 11 is 0. The molecule has 1 N–H and O–H groups in total. The van der Waals surface area contributed by atoms with E-state index in [2.05, 4.69) is 27.6 Å². The van der Waals surface area contributed by atoms with E-state index < -0.39 is 0 Å². The second-order valence-corrected chi connectivity index (χ2v) is 6.52. The number of ether oxygens (including phenoxy) is 3. The zero-order valence-electron chi connectivity index (χ0n) is 16.1. The van der Waals surface area contributed by atoms with Crippen LogP contribution in [0.1, 0.15) is 18.5 Å². The van der Waals surface area contributed by atoms with E-state index in [0.29, 0.717) is 29.0 Å². The SMILES string of the molecule is COc1cc(NC(=O)Cn2cc(CN(C)C3CC3)nn2)cc(OC)c1OC. The van der Waals surface area contributed by atoms with Crippen molar-refractivity contribution in [1.29, 1.82) is 0 Å². The molecule has 0 radical (unpaired) electrons. The topological polar surface area (TPSA) is 90.7 Å². The van der Waals surface area contributed by atoms with E-state index in [0.717, 1.165) is 12.2 Å². The first-order valence-corrected chi connectivity index (χ1v) is 8.73. The Morgan fingerprint density at radius 2 is 1.89 bits per heavy atom. The molecule has 2 aromatic rings. The van der Waals surface area contributed by atoms with Crippen molar-refractivity contribution in [2.75, 3.05) is 33.7 Å². The predicted molar refractivity (Wildman–Crippen MR) is 99.2 cm³/mol. The molecule has 1 heterocycles. The summed E-state index contributed by atoms with van der Waals surface area (Å²) in [5.74, 6) is 1.19. The zero-order chi connectivity index (χ0) is 19.4. The summed E-state index contributed by atoms with van der Waals surface area (Å²) in [4.78, 5) is 14.6. The number of benzene rings is 1. The lowest BCUT2D eigenvalue weighted by atomic mass is 10.2. The van der Waals surface area contributed by atoms with Gasteiger partial charge in [-0.1, -0.05) is 5.21 Å². The van der Waals surface area contributed by atoms with Crippen LogP contribution in [0.2, 0.25) is 0 Å². The van der Waals surface area contributed by atoms with Crippen LogP contribution in [0.5, 0.6) is 17.2 Å². The number of hydrogen-bond acceptors (Lipinski definition) is 7. The van der Waals surface area contributed by atoms with E-state index in [-0.39, 0.29) is 12.5 Å². The Labute approximate surface area is 158 Å². The molecule has 1 aromatic carbocycles. The molecule has 9 heteroatoms. The summed E-state index contributed by atoms with van der Waals surface area (Å²) in [6, 6.07) is 4.01. The van der Waals surface area contributed by atoms with Gasteiger partial charge in [0.05, 0.1) is 33.2 Å². The molecule has 1 aliphatic rings. The van der Waals surface area contributed by atoms with Gasteiger partial charge in [-0.05, 0) is 19.9 Å². The van der Waals surface area contributed by atoms with Crippen molar-refractivity contribution in [1.82, 2.24) is 19.9 Å². The Balaban J connectivity index is 1.63. The van der Waals surface area contributed by atoms with Gasteiger partial charge in [-0.25, -0.2) is 4.68 Å². The number of amides is 1. The van der Waals surface area contributed by atoms with Crippen LogP contribution in [-0.4, -0.2) is 60.2 Å². The van der Waals surface area contributed by atoms with Crippen LogP contribution in [-0.2, 0) is 17.9 Å². The molecule has 27 heavy (non-hydrogen) atoms. The molecule has 1 fully saturated rings. The Hall–Kier alpha value is -2.81. The number of carbonyl (C=O) groups is 1. The van der Waals surface area contributed by atoms with Gasteiger partial charge in [0.15, 0.2) is 11.5 Å². The van der Waals surface area contributed by atoms with Gasteiger partial charge in [0.2, 0.25) is 11.7 Å². The molecule has 1 aliphatic carbocycles. The molecule has 1 amide bonds. The van der Waals surface area contributed by atoms with E-state index in [1.54, 1.807) is 18.3 Å². The lowest BCUT2D eigenvalue weighted by Crippen LogP contribution is -2.20. The monoisotopic (exact) mass is 375 g/mol. The maximum absolute atomic E-state index is 12.4. The van der Waals surface area contributed by atoms with Crippen molar-refractivity contribution >= 4 is 11.6 Å². The summed E-state index contributed by atoms with van der Waals surface area (Å²) in [5.41, 5.74) is 1.40. The molecule has 0 atom stereocenters. The Morgan fingerprint density at radius 1 is 1.22 bits per heavy atom. The first-order valence-electron chi connectivity index (χ1n) is 8.73. The number of nitrogens with zero attached hydrogens (tertiary/aromatic N) is 4. The Kier molecular flexibility index (Phi) is 5.80. The molecular formula is C18H25N5O4. The summed E-state index contributed by atoms with van der Waals surface area (Å²) in [6.07, 6.45) is 4.28. The van der Waals surface area contributed by atoms with Gasteiger partial charge in [-0.2, -0.15) is 0 Å². The maximum atomic E-state index is 12.4. The fraction of sp³-hybridized carbons (Fsp3) is 0.500. The normalized spacial score (nSPS) is 13.5. The molecule has 146 valence electrons. The maximum Gasteiger partial charge on any atom is 0.246 e. The van der Waals surface area contributed by atoms with Gasteiger partial charge < -0.3 is 19.5 Å². The smallest absolute Gasteiger partial charge is 0.246 e. The van der Waals surface area contributed by atoms with Crippen molar-refractivity contribution in [3.8, 4) is 17.2 Å². The first-order chi connectivity index (χ1) is 13.0. The van der Waals surface area contributed by atoms with Gasteiger partial charge in [-0.15, -0.1) is 5.10 Å². The van der Waals surface area contributed by atoms with Crippen LogP contribution in [0.3, 0.4) is 0 Å². The van der Waals surface area contributed by atoms with Gasteiger partial charge >= 0.3 is 0 Å². The number of rotatable bonds is 9. The number of carbonyl (C=O) groups excluding carboxylic acids is 1. The molecule has 0 aliphatic heterocycles. The minimum atomic E-state index is -0.226. The standard InChI is InChI=1S/C18H25N5O4/c1-22(14-5-6-14)9-13-10-23(21-20-13)11-17(24)19-12-7-15(25-2)18(27-4)16(8-12)26-3/h7-8,10,14H,5-6,9,11H2,1-4H3,(H,19,24). The Bertz CT molecular complexity index is 778. The second kappa shape index (κ2) is 8.26. The molecule has 9 nitrogen and oxygen atoms in total. The van der Waals surface area contributed by atoms with Crippen molar-refractivity contribution in [2.24, 2.45) is 0 Å². The van der Waals surface area contributed by atoms with Crippen LogP contribution in [0.15, 0.2) is 18.3 Å². The number of nitrogens with one attached hydrogen (secondary N) is 1. The largest absolute Gasteiger partial charge is 0.493 e. The highest BCUT2D eigenvalue weighted by Crippen LogP contribution is 2.39. The van der Waals surface area contributed by atoms with Crippen molar-refractivity contribution in [2.45, 2.75) is 32.0 Å². The lowest BCUT2D eigenvalue weighted by Gasteiger charge is -2.14. The molecule has 0 unspecified atom stereocenters. The number of anilines is 1. The van der Waals surface area contributed by atoms with Gasteiger partial charge in [0.1, 0.15) is 6.54 Å². The van der Waals surface area contributed by atoms with Crippen molar-refractivity contribution < 1.29 is 19.0 Å². The van der Waals surface area contributed by atoms with E-state index in [1.807, 2.05) is 0 Å². The molecule has 0 saturated heterocycles. The van der Waals surface area contributed by atoms with Crippen LogP contribution >= 0.6 is 0 Å². The van der Waals surface area contributed by atoms with E-state index in [4.69, 9.17) is 14.2 Å². The van der Waals surface area contributed by atoms with E-state index in [9.17, 15) is 4.79 Å². The fourth-order valence-electron chi connectivity index (χ4n) is 2.89. The molecular weight excluding hydrogens is 350 g/mol. The highest BCUT2D eigenvalue weighted by molar-refractivity contribution is 5.91. The fourth-order valence-corrected chi connectivity index (χ4v) is 2.89. The quantitative estimate of drug-likeness (QED) is 0.711. The van der Waals surface area contributed by atoms with Crippen LogP contribution in [0, 0.1) is 0 Å². The minimum Gasteiger partial charge on any atom is -0.493 e. The van der Waals surface area contributed by atoms with E-state index in [1.165, 1.54) is 38.9 Å². The summed E-state index contributed by atoms with van der Waals surface area (Å²) < 4.78 is 17.4.